The Labute approximate surface area is 120 Å². The molecule has 0 aliphatic heterocycles. The molecule has 2 aromatic rings. The predicted molar refractivity (Wildman–Crippen MR) is 74.5 cm³/mol. The summed E-state index contributed by atoms with van der Waals surface area (Å²) in [5.41, 5.74) is 6.30. The Morgan fingerprint density at radius 1 is 1.10 bits per heavy atom. The monoisotopic (exact) mass is 299 g/mol. The zero-order valence-corrected chi connectivity index (χ0v) is 11.5. The van der Waals surface area contributed by atoms with E-state index in [1.165, 1.54) is 18.2 Å². The first-order chi connectivity index (χ1) is 9.30. The van der Waals surface area contributed by atoms with Crippen LogP contribution in [0.2, 0.25) is 5.02 Å². The summed E-state index contributed by atoms with van der Waals surface area (Å²) in [5.74, 6) is 0. The average Bonchev–Trinajstić information content (AvgIpc) is 2.37. The Kier molecular flexibility index (Phi) is 4.06. The van der Waals surface area contributed by atoms with Crippen LogP contribution in [0.15, 0.2) is 42.5 Å². The van der Waals surface area contributed by atoms with Gasteiger partial charge in [0.1, 0.15) is 0 Å². The zero-order valence-electron chi connectivity index (χ0n) is 10.7. The molecule has 0 fully saturated rings. The molecule has 106 valence electrons. The molecule has 0 aromatic heterocycles. The first kappa shape index (κ1) is 14.9. The average molecular weight is 300 g/mol. The molecule has 1 atom stereocenters. The number of halogens is 4. The summed E-state index contributed by atoms with van der Waals surface area (Å²) in [4.78, 5) is 0. The summed E-state index contributed by atoms with van der Waals surface area (Å²) in [5, 5.41) is 0.370. The molecule has 20 heavy (non-hydrogen) atoms. The molecule has 5 heteroatoms. The van der Waals surface area contributed by atoms with Crippen LogP contribution in [0.3, 0.4) is 0 Å². The fraction of sp³-hybridized carbons (Fsp3) is 0.200. The van der Waals surface area contributed by atoms with Crippen LogP contribution in [0.5, 0.6) is 0 Å². The summed E-state index contributed by atoms with van der Waals surface area (Å²) in [6, 6.07) is 9.94. The fourth-order valence-corrected chi connectivity index (χ4v) is 2.40. The van der Waals surface area contributed by atoms with E-state index < -0.39 is 11.7 Å². The Morgan fingerprint density at radius 2 is 1.75 bits per heavy atom. The predicted octanol–water partition coefficient (Wildman–Crippen LogP) is 5.05. The highest BCUT2D eigenvalue weighted by Crippen LogP contribution is 2.38. The fourth-order valence-electron chi connectivity index (χ4n) is 2.05. The van der Waals surface area contributed by atoms with Gasteiger partial charge in [-0.25, -0.2) is 0 Å². The van der Waals surface area contributed by atoms with Crippen molar-refractivity contribution < 1.29 is 13.2 Å². The minimum atomic E-state index is -4.40. The highest BCUT2D eigenvalue weighted by molar-refractivity contribution is 6.31. The third kappa shape index (κ3) is 2.97. The molecule has 2 aromatic carbocycles. The Balaban J connectivity index is 2.56. The van der Waals surface area contributed by atoms with Crippen LogP contribution in [0.4, 0.5) is 13.2 Å². The second kappa shape index (κ2) is 5.46. The molecule has 1 nitrogen and oxygen atoms in total. The molecular formula is C15H13ClF3N. The van der Waals surface area contributed by atoms with E-state index in [0.717, 1.165) is 6.07 Å². The van der Waals surface area contributed by atoms with E-state index in [1.54, 1.807) is 25.1 Å². The number of benzene rings is 2. The maximum Gasteiger partial charge on any atom is 0.417 e. The van der Waals surface area contributed by atoms with Gasteiger partial charge >= 0.3 is 6.18 Å². The smallest absolute Gasteiger partial charge is 0.324 e. The molecule has 1 unspecified atom stereocenters. The van der Waals surface area contributed by atoms with E-state index in [2.05, 4.69) is 0 Å². The molecule has 0 radical (unpaired) electrons. The third-order valence-electron chi connectivity index (χ3n) is 3.03. The van der Waals surface area contributed by atoms with Crippen LogP contribution >= 0.6 is 11.6 Å². The molecule has 0 spiro atoms. The van der Waals surface area contributed by atoms with E-state index in [9.17, 15) is 13.2 Å². The Bertz CT molecular complexity index is 621. The summed E-state index contributed by atoms with van der Waals surface area (Å²) < 4.78 is 39.0. The maximum atomic E-state index is 13.0. The molecule has 2 rings (SSSR count). The topological polar surface area (TPSA) is 26.0 Å². The molecular weight excluding hydrogens is 287 g/mol. The van der Waals surface area contributed by atoms with Crippen LogP contribution in [-0.2, 0) is 6.18 Å². The third-order valence-corrected chi connectivity index (χ3v) is 3.36. The van der Waals surface area contributed by atoms with Gasteiger partial charge in [0.25, 0.3) is 0 Å². The van der Waals surface area contributed by atoms with Gasteiger partial charge in [0, 0.05) is 11.1 Å². The Hall–Kier alpha value is -1.52. The van der Waals surface area contributed by atoms with E-state index in [-0.39, 0.29) is 11.6 Å². The highest BCUT2D eigenvalue weighted by Gasteiger charge is 2.33. The van der Waals surface area contributed by atoms with Crippen LogP contribution < -0.4 is 5.73 Å². The van der Waals surface area contributed by atoms with E-state index in [0.29, 0.717) is 16.1 Å². The van der Waals surface area contributed by atoms with Gasteiger partial charge in [0.15, 0.2) is 0 Å². The highest BCUT2D eigenvalue weighted by atomic mass is 35.5. The summed E-state index contributed by atoms with van der Waals surface area (Å²) in [7, 11) is 0. The number of alkyl halides is 3. The van der Waals surface area contributed by atoms with Crippen molar-refractivity contribution >= 4 is 11.6 Å². The van der Waals surface area contributed by atoms with Gasteiger partial charge in [0.2, 0.25) is 0 Å². The lowest BCUT2D eigenvalue weighted by Crippen LogP contribution is -2.08. The molecule has 0 bridgehead atoms. The number of hydrogen-bond acceptors (Lipinski definition) is 1. The van der Waals surface area contributed by atoms with Crippen molar-refractivity contribution in [2.24, 2.45) is 5.73 Å². The van der Waals surface area contributed by atoms with Gasteiger partial charge in [-0.2, -0.15) is 13.2 Å². The van der Waals surface area contributed by atoms with E-state index >= 15 is 0 Å². The van der Waals surface area contributed by atoms with Crippen molar-refractivity contribution in [1.82, 2.24) is 0 Å². The number of rotatable bonds is 2. The van der Waals surface area contributed by atoms with Crippen LogP contribution in [-0.4, -0.2) is 0 Å². The quantitative estimate of drug-likeness (QED) is 0.825. The van der Waals surface area contributed by atoms with Crippen LogP contribution in [0.25, 0.3) is 11.1 Å². The van der Waals surface area contributed by atoms with Crippen molar-refractivity contribution in [3.05, 3.63) is 58.6 Å². The van der Waals surface area contributed by atoms with Crippen molar-refractivity contribution in [1.29, 1.82) is 0 Å². The van der Waals surface area contributed by atoms with Gasteiger partial charge in [-0.05, 0) is 35.7 Å². The van der Waals surface area contributed by atoms with Gasteiger partial charge in [-0.1, -0.05) is 41.9 Å². The summed E-state index contributed by atoms with van der Waals surface area (Å²) in [6.45, 7) is 1.77. The lowest BCUT2D eigenvalue weighted by atomic mass is 9.97. The standard InChI is InChI=1S/C15H13ClF3N/c1-9(20)11-7-6-10(8-14(11)16)12-4-2-3-5-13(12)15(17,18)19/h2-9H,20H2,1H3. The summed E-state index contributed by atoms with van der Waals surface area (Å²) >= 11 is 6.08. The SMILES string of the molecule is CC(N)c1ccc(-c2ccccc2C(F)(F)F)cc1Cl. The van der Waals surface area contributed by atoms with Crippen molar-refractivity contribution in [3.8, 4) is 11.1 Å². The molecule has 0 saturated heterocycles. The number of hydrogen-bond donors (Lipinski definition) is 1. The van der Waals surface area contributed by atoms with Gasteiger partial charge in [-0.15, -0.1) is 0 Å². The Morgan fingerprint density at radius 3 is 2.30 bits per heavy atom. The number of nitrogens with two attached hydrogens (primary N) is 1. The largest absolute Gasteiger partial charge is 0.417 e. The van der Waals surface area contributed by atoms with Crippen LogP contribution in [0.1, 0.15) is 24.1 Å². The molecule has 0 heterocycles. The lowest BCUT2D eigenvalue weighted by molar-refractivity contribution is -0.137. The minimum absolute atomic E-state index is 0.109. The van der Waals surface area contributed by atoms with E-state index in [4.69, 9.17) is 17.3 Å². The van der Waals surface area contributed by atoms with Crippen molar-refractivity contribution in [2.75, 3.05) is 0 Å². The van der Waals surface area contributed by atoms with Gasteiger partial charge in [-0.3, -0.25) is 0 Å². The molecule has 0 saturated carbocycles. The first-order valence-electron chi connectivity index (χ1n) is 6.02. The molecule has 2 N–H and O–H groups in total. The van der Waals surface area contributed by atoms with E-state index in [1.807, 2.05) is 0 Å². The lowest BCUT2D eigenvalue weighted by Gasteiger charge is -2.14. The van der Waals surface area contributed by atoms with Gasteiger partial charge in [0.05, 0.1) is 5.56 Å². The minimum Gasteiger partial charge on any atom is -0.324 e. The second-order valence-corrected chi connectivity index (χ2v) is 4.98. The normalized spacial score (nSPS) is 13.3. The van der Waals surface area contributed by atoms with Crippen molar-refractivity contribution in [2.45, 2.75) is 19.1 Å². The molecule has 0 aliphatic rings. The molecule has 0 amide bonds. The molecule has 0 aliphatic carbocycles. The zero-order chi connectivity index (χ0) is 14.9. The first-order valence-corrected chi connectivity index (χ1v) is 6.40. The summed E-state index contributed by atoms with van der Waals surface area (Å²) in [6.07, 6.45) is -4.40. The van der Waals surface area contributed by atoms with Crippen LogP contribution in [0, 0.1) is 0 Å². The second-order valence-electron chi connectivity index (χ2n) is 4.57. The van der Waals surface area contributed by atoms with Crippen molar-refractivity contribution in [3.63, 3.8) is 0 Å². The maximum absolute atomic E-state index is 13.0. The van der Waals surface area contributed by atoms with Gasteiger partial charge < -0.3 is 5.73 Å².